The number of fused-ring (bicyclic) bond motifs is 1. The van der Waals surface area contributed by atoms with E-state index < -0.39 is 5.56 Å². The van der Waals surface area contributed by atoms with Crippen LogP contribution < -0.4 is 20.3 Å². The van der Waals surface area contributed by atoms with Crippen molar-refractivity contribution >= 4 is 51.9 Å². The number of rotatable bonds is 8. The van der Waals surface area contributed by atoms with Gasteiger partial charge < -0.3 is 19.7 Å². The van der Waals surface area contributed by atoms with E-state index >= 15 is 0 Å². The number of amides is 1. The van der Waals surface area contributed by atoms with Gasteiger partial charge in [-0.25, -0.2) is 9.97 Å². The van der Waals surface area contributed by atoms with Gasteiger partial charge >= 0.3 is 0 Å². The largest absolute Gasteiger partial charge is 0.480 e. The molecule has 0 atom stereocenters. The maximum atomic E-state index is 13.3. The van der Waals surface area contributed by atoms with E-state index in [4.69, 9.17) is 32.7 Å². The lowest BCUT2D eigenvalue weighted by Gasteiger charge is -2.18. The highest BCUT2D eigenvalue weighted by atomic mass is 35.5. The van der Waals surface area contributed by atoms with Crippen LogP contribution in [0.3, 0.4) is 0 Å². The molecule has 1 N–H and O–H groups in total. The molecular weight excluding hydrogens is 533 g/mol. The number of benzene rings is 1. The number of halogens is 2. The Kier molecular flexibility index (Phi) is 7.98. The van der Waals surface area contributed by atoms with Gasteiger partial charge in [0.2, 0.25) is 17.7 Å². The number of aromatic nitrogens is 5. The summed E-state index contributed by atoms with van der Waals surface area (Å²) < 4.78 is 11.7. The van der Waals surface area contributed by atoms with E-state index in [2.05, 4.69) is 25.3 Å². The molecule has 1 amide bonds. The molecule has 0 spiro atoms. The molecule has 0 saturated carbocycles. The summed E-state index contributed by atoms with van der Waals surface area (Å²) in [6.45, 7) is 5.14. The van der Waals surface area contributed by atoms with E-state index in [1.54, 1.807) is 36.2 Å². The Morgan fingerprint density at radius 2 is 1.61 bits per heavy atom. The Balaban J connectivity index is 1.71. The first-order valence-corrected chi connectivity index (χ1v) is 12.4. The van der Waals surface area contributed by atoms with Crippen LogP contribution in [0.5, 0.6) is 11.8 Å². The highest BCUT2D eigenvalue weighted by Crippen LogP contribution is 2.42. The van der Waals surface area contributed by atoms with E-state index in [0.717, 1.165) is 0 Å². The van der Waals surface area contributed by atoms with Crippen LogP contribution in [-0.4, -0.2) is 62.6 Å². The number of nitrogens with one attached hydrogen (secondary N) is 1. The second-order valence-corrected chi connectivity index (χ2v) is 8.80. The van der Waals surface area contributed by atoms with Gasteiger partial charge in [-0.15, -0.1) is 0 Å². The molecule has 0 fully saturated rings. The Labute approximate surface area is 228 Å². The summed E-state index contributed by atoms with van der Waals surface area (Å²) in [5.74, 6) is 0.276. The molecule has 0 radical (unpaired) electrons. The molecule has 0 aliphatic carbocycles. The average Bonchev–Trinajstić information content (AvgIpc) is 2.93. The summed E-state index contributed by atoms with van der Waals surface area (Å²) >= 11 is 12.9. The van der Waals surface area contributed by atoms with Gasteiger partial charge in [-0.05, 0) is 38.1 Å². The third kappa shape index (κ3) is 4.94. The Hall–Kier alpha value is -3.96. The number of nitrogens with zero attached hydrogens (tertiary/aromatic N) is 6. The van der Waals surface area contributed by atoms with Crippen LogP contribution in [0.1, 0.15) is 24.2 Å². The topological polar surface area (TPSA) is 124 Å². The Bertz CT molecular complexity index is 1540. The normalized spacial score (nSPS) is 10.9. The number of methoxy groups -OCH3 is 2. The molecule has 38 heavy (non-hydrogen) atoms. The third-order valence-corrected chi connectivity index (χ3v) is 6.59. The van der Waals surface area contributed by atoms with Crippen LogP contribution in [-0.2, 0) is 7.05 Å². The summed E-state index contributed by atoms with van der Waals surface area (Å²) in [6, 6.07) is 6.99. The highest BCUT2D eigenvalue weighted by molar-refractivity contribution is 6.40. The molecule has 4 aromatic rings. The lowest BCUT2D eigenvalue weighted by molar-refractivity contribution is 0.0773. The number of carbonyl (C=O) groups excluding carboxylic acids is 1. The first-order chi connectivity index (χ1) is 18.2. The number of ether oxygens (including phenoxy) is 2. The van der Waals surface area contributed by atoms with Crippen molar-refractivity contribution in [1.82, 2.24) is 29.4 Å². The Morgan fingerprint density at radius 3 is 2.16 bits per heavy atom. The SMILES string of the molecule is CCN(CC)C(=O)c1ccc(Nc2ncc3nc(-c4c(Cl)c(OC)nc(OC)c4Cl)c(=O)n(C)c3n2)cc1. The van der Waals surface area contributed by atoms with Crippen LogP contribution in [0.4, 0.5) is 11.6 Å². The number of hydrogen-bond acceptors (Lipinski definition) is 9. The molecule has 11 nitrogen and oxygen atoms in total. The lowest BCUT2D eigenvalue weighted by Crippen LogP contribution is -2.30. The smallest absolute Gasteiger partial charge is 0.278 e. The molecule has 0 aliphatic heterocycles. The third-order valence-electron chi connectivity index (χ3n) is 5.89. The molecule has 3 aromatic heterocycles. The maximum absolute atomic E-state index is 13.3. The molecule has 4 rings (SSSR count). The van der Waals surface area contributed by atoms with Gasteiger partial charge in [0.05, 0.1) is 26.0 Å². The zero-order valence-corrected chi connectivity index (χ0v) is 22.9. The minimum absolute atomic E-state index is 0.0179. The van der Waals surface area contributed by atoms with Crippen LogP contribution in [0, 0.1) is 0 Å². The highest BCUT2D eigenvalue weighted by Gasteiger charge is 2.25. The predicted molar refractivity (Wildman–Crippen MR) is 146 cm³/mol. The van der Waals surface area contributed by atoms with E-state index in [0.29, 0.717) is 29.9 Å². The van der Waals surface area contributed by atoms with Gasteiger partial charge in [-0.1, -0.05) is 23.2 Å². The van der Waals surface area contributed by atoms with Crippen molar-refractivity contribution in [2.45, 2.75) is 13.8 Å². The summed E-state index contributed by atoms with van der Waals surface area (Å²) in [4.78, 5) is 45.0. The molecule has 0 unspecified atom stereocenters. The van der Waals surface area contributed by atoms with Crippen LogP contribution >= 0.6 is 23.2 Å². The van der Waals surface area contributed by atoms with E-state index in [-0.39, 0.29) is 50.6 Å². The van der Waals surface area contributed by atoms with Crippen LogP contribution in [0.15, 0.2) is 35.3 Å². The van der Waals surface area contributed by atoms with Crippen LogP contribution in [0.25, 0.3) is 22.4 Å². The number of aryl methyl sites for hydroxylation is 1. The van der Waals surface area contributed by atoms with Gasteiger partial charge in [-0.3, -0.25) is 14.2 Å². The fraction of sp³-hybridized carbons (Fsp3) is 0.280. The molecule has 0 saturated heterocycles. The second-order valence-electron chi connectivity index (χ2n) is 8.04. The number of carbonyl (C=O) groups is 1. The first-order valence-electron chi connectivity index (χ1n) is 11.6. The lowest BCUT2D eigenvalue weighted by atomic mass is 10.2. The molecule has 13 heteroatoms. The minimum atomic E-state index is -0.500. The summed E-state index contributed by atoms with van der Waals surface area (Å²) in [5.41, 5.74) is 1.46. The average molecular weight is 558 g/mol. The van der Waals surface area contributed by atoms with E-state index in [1.165, 1.54) is 25.0 Å². The standard InChI is InChI=1S/C25H25Cl2N7O4/c1-6-34(7-2)23(35)13-8-10-14(11-9-13)29-25-28-12-15-20(31-25)33(3)24(36)19(30-15)16-17(26)21(37-4)32-22(38-5)18(16)27/h8-12H,6-7H2,1-5H3,(H,28,29,31). The van der Waals surface area contributed by atoms with Crippen molar-refractivity contribution in [2.75, 3.05) is 32.6 Å². The van der Waals surface area contributed by atoms with Gasteiger partial charge in [-0.2, -0.15) is 9.97 Å². The van der Waals surface area contributed by atoms with Crippen molar-refractivity contribution in [3.63, 3.8) is 0 Å². The van der Waals surface area contributed by atoms with Gasteiger partial charge in [0, 0.05) is 31.4 Å². The van der Waals surface area contributed by atoms with Crippen molar-refractivity contribution < 1.29 is 14.3 Å². The summed E-state index contributed by atoms with van der Waals surface area (Å²) in [7, 11) is 4.32. The van der Waals surface area contributed by atoms with Crippen molar-refractivity contribution in [3.8, 4) is 23.0 Å². The van der Waals surface area contributed by atoms with Gasteiger partial charge in [0.15, 0.2) is 5.65 Å². The molecule has 1 aromatic carbocycles. The maximum Gasteiger partial charge on any atom is 0.278 e. The molecule has 198 valence electrons. The van der Waals surface area contributed by atoms with Crippen molar-refractivity contribution in [1.29, 1.82) is 0 Å². The van der Waals surface area contributed by atoms with Gasteiger partial charge in [0.1, 0.15) is 21.3 Å². The van der Waals surface area contributed by atoms with E-state index in [1.807, 2.05) is 13.8 Å². The molecular formula is C25H25Cl2N7O4. The first kappa shape index (κ1) is 27.1. The number of hydrogen-bond donors (Lipinski definition) is 1. The zero-order chi connectivity index (χ0) is 27.6. The fourth-order valence-electron chi connectivity index (χ4n) is 3.84. The second kappa shape index (κ2) is 11.2. The number of anilines is 2. The zero-order valence-electron chi connectivity index (χ0n) is 21.4. The van der Waals surface area contributed by atoms with E-state index in [9.17, 15) is 9.59 Å². The number of pyridine rings is 1. The van der Waals surface area contributed by atoms with Crippen LogP contribution in [0.2, 0.25) is 10.0 Å². The Morgan fingerprint density at radius 1 is 1.00 bits per heavy atom. The summed E-state index contributed by atoms with van der Waals surface area (Å²) in [5, 5.41) is 3.12. The molecule has 0 bridgehead atoms. The molecule has 3 heterocycles. The molecule has 0 aliphatic rings. The fourth-order valence-corrected chi connectivity index (χ4v) is 4.49. The van der Waals surface area contributed by atoms with Crippen molar-refractivity contribution in [2.24, 2.45) is 7.05 Å². The predicted octanol–water partition coefficient (Wildman–Crippen LogP) is 4.34. The summed E-state index contributed by atoms with van der Waals surface area (Å²) in [6.07, 6.45) is 1.48. The van der Waals surface area contributed by atoms with Crippen molar-refractivity contribution in [3.05, 3.63) is 56.4 Å². The monoisotopic (exact) mass is 557 g/mol. The van der Waals surface area contributed by atoms with Gasteiger partial charge in [0.25, 0.3) is 11.5 Å². The minimum Gasteiger partial charge on any atom is -0.480 e. The quantitative estimate of drug-likeness (QED) is 0.336.